The average Bonchev–Trinajstić information content (AvgIpc) is 2.84. The van der Waals surface area contributed by atoms with Crippen LogP contribution in [0.15, 0.2) is 5.03 Å². The maximum atomic E-state index is 8.95. The highest BCUT2D eigenvalue weighted by Crippen LogP contribution is 2.40. The third kappa shape index (κ3) is 1.96. The van der Waals surface area contributed by atoms with Crippen molar-refractivity contribution in [2.45, 2.75) is 31.2 Å². The van der Waals surface area contributed by atoms with Crippen molar-refractivity contribution in [2.75, 3.05) is 12.4 Å². The van der Waals surface area contributed by atoms with Crippen LogP contribution in [0.1, 0.15) is 22.7 Å². The Morgan fingerprint density at radius 2 is 2.24 bits per heavy atom. The van der Waals surface area contributed by atoms with E-state index in [1.165, 1.54) is 28.7 Å². The van der Waals surface area contributed by atoms with Crippen molar-refractivity contribution in [3.63, 3.8) is 0 Å². The molecule has 0 saturated heterocycles. The van der Waals surface area contributed by atoms with E-state index in [0.717, 1.165) is 22.1 Å². The van der Waals surface area contributed by atoms with Crippen molar-refractivity contribution < 1.29 is 5.11 Å². The fourth-order valence-electron chi connectivity index (χ4n) is 2.31. The summed E-state index contributed by atoms with van der Waals surface area (Å²) in [4.78, 5) is 11.7. The van der Waals surface area contributed by atoms with Crippen LogP contribution >= 0.6 is 23.1 Å². The number of thiophene rings is 1. The van der Waals surface area contributed by atoms with Gasteiger partial charge in [-0.3, -0.25) is 0 Å². The van der Waals surface area contributed by atoms with Crippen molar-refractivity contribution in [3.8, 4) is 0 Å². The van der Waals surface area contributed by atoms with Gasteiger partial charge in [0.25, 0.3) is 0 Å². The first-order valence-corrected chi connectivity index (χ1v) is 7.62. The first kappa shape index (κ1) is 11.4. The Bertz CT molecular complexity index is 565. The van der Waals surface area contributed by atoms with Crippen molar-refractivity contribution in [1.29, 1.82) is 0 Å². The number of aryl methyl sites for hydroxylation is 3. The third-order valence-corrected chi connectivity index (χ3v) is 5.11. The van der Waals surface area contributed by atoms with Crippen LogP contribution in [0.2, 0.25) is 0 Å². The second kappa shape index (κ2) is 4.55. The zero-order chi connectivity index (χ0) is 11.8. The van der Waals surface area contributed by atoms with Gasteiger partial charge in [-0.05, 0) is 31.7 Å². The molecule has 0 fully saturated rings. The summed E-state index contributed by atoms with van der Waals surface area (Å²) in [5.41, 5.74) is 1.46. The van der Waals surface area contributed by atoms with Crippen LogP contribution in [0.25, 0.3) is 10.2 Å². The second-order valence-electron chi connectivity index (χ2n) is 4.19. The Kier molecular flexibility index (Phi) is 3.06. The lowest BCUT2D eigenvalue weighted by atomic mass is 10.2. The number of fused-ring (bicyclic) bond motifs is 3. The molecule has 5 heteroatoms. The van der Waals surface area contributed by atoms with Crippen molar-refractivity contribution in [2.24, 2.45) is 0 Å². The molecule has 1 aliphatic rings. The fraction of sp³-hybridized carbons (Fsp3) is 0.500. The van der Waals surface area contributed by atoms with E-state index < -0.39 is 0 Å². The van der Waals surface area contributed by atoms with Gasteiger partial charge in [-0.2, -0.15) is 0 Å². The van der Waals surface area contributed by atoms with E-state index in [1.807, 2.05) is 18.3 Å². The summed E-state index contributed by atoms with van der Waals surface area (Å²) in [6, 6.07) is 0. The Balaban J connectivity index is 2.17. The van der Waals surface area contributed by atoms with Crippen LogP contribution in [-0.2, 0) is 12.8 Å². The largest absolute Gasteiger partial charge is 0.396 e. The molecule has 0 aromatic carbocycles. The molecule has 1 N–H and O–H groups in total. The molecule has 0 bridgehead atoms. The summed E-state index contributed by atoms with van der Waals surface area (Å²) >= 11 is 3.46. The van der Waals surface area contributed by atoms with E-state index in [2.05, 4.69) is 9.97 Å². The summed E-state index contributed by atoms with van der Waals surface area (Å²) in [5, 5.41) is 11.3. The van der Waals surface area contributed by atoms with E-state index in [-0.39, 0.29) is 6.61 Å². The number of aromatic nitrogens is 2. The normalized spacial score (nSPS) is 14.5. The van der Waals surface area contributed by atoms with Crippen molar-refractivity contribution in [3.05, 3.63) is 16.3 Å². The maximum Gasteiger partial charge on any atom is 0.128 e. The Labute approximate surface area is 108 Å². The number of hydrogen-bond donors (Lipinski definition) is 1. The van der Waals surface area contributed by atoms with Crippen LogP contribution in [0.5, 0.6) is 0 Å². The van der Waals surface area contributed by atoms with E-state index in [9.17, 15) is 0 Å². The fourth-order valence-corrected chi connectivity index (χ4v) is 4.53. The first-order valence-electron chi connectivity index (χ1n) is 5.82. The molecule has 3 nitrogen and oxygen atoms in total. The highest BCUT2D eigenvalue weighted by Gasteiger charge is 2.21. The van der Waals surface area contributed by atoms with Gasteiger partial charge >= 0.3 is 0 Å². The van der Waals surface area contributed by atoms with E-state index in [1.54, 1.807) is 11.8 Å². The number of thioether (sulfide) groups is 1. The maximum absolute atomic E-state index is 8.95. The Morgan fingerprint density at radius 3 is 3.06 bits per heavy atom. The Hall–Kier alpha value is -0.650. The van der Waals surface area contributed by atoms with E-state index in [4.69, 9.17) is 5.11 Å². The number of rotatable bonds is 3. The second-order valence-corrected chi connectivity index (χ2v) is 6.35. The minimum absolute atomic E-state index is 0.196. The zero-order valence-corrected chi connectivity index (χ0v) is 11.3. The summed E-state index contributed by atoms with van der Waals surface area (Å²) in [6.45, 7) is 2.13. The van der Waals surface area contributed by atoms with Gasteiger partial charge in [-0.1, -0.05) is 0 Å². The summed E-state index contributed by atoms with van der Waals surface area (Å²) in [6.07, 6.45) is 3.61. The molecule has 0 aliphatic heterocycles. The zero-order valence-electron chi connectivity index (χ0n) is 9.69. The molecular formula is C12H14N2OS2. The molecule has 0 saturated carbocycles. The number of aliphatic hydroxyl groups excluding tert-OH is 1. The lowest BCUT2D eigenvalue weighted by Gasteiger charge is -2.04. The molecule has 90 valence electrons. The van der Waals surface area contributed by atoms with Gasteiger partial charge in [0.2, 0.25) is 0 Å². The monoisotopic (exact) mass is 266 g/mol. The minimum Gasteiger partial charge on any atom is -0.396 e. The molecular weight excluding hydrogens is 252 g/mol. The number of aliphatic hydroxyl groups is 1. The van der Waals surface area contributed by atoms with Crippen molar-refractivity contribution in [1.82, 2.24) is 9.97 Å². The first-order chi connectivity index (χ1) is 8.29. The van der Waals surface area contributed by atoms with Crippen LogP contribution in [0.4, 0.5) is 0 Å². The molecule has 0 atom stereocenters. The molecule has 2 aromatic heterocycles. The quantitative estimate of drug-likeness (QED) is 0.685. The van der Waals surface area contributed by atoms with Crippen LogP contribution in [-0.4, -0.2) is 27.4 Å². The van der Waals surface area contributed by atoms with Gasteiger partial charge in [0, 0.05) is 16.0 Å². The molecule has 0 radical (unpaired) electrons. The minimum atomic E-state index is 0.196. The molecule has 3 rings (SSSR count). The van der Waals surface area contributed by atoms with E-state index in [0.29, 0.717) is 5.75 Å². The lowest BCUT2D eigenvalue weighted by Crippen LogP contribution is -1.94. The topological polar surface area (TPSA) is 46.0 Å². The number of hydrogen-bond acceptors (Lipinski definition) is 5. The van der Waals surface area contributed by atoms with Crippen LogP contribution in [0, 0.1) is 6.92 Å². The molecule has 2 aromatic rings. The van der Waals surface area contributed by atoms with Gasteiger partial charge < -0.3 is 5.11 Å². The molecule has 1 aliphatic carbocycles. The SMILES string of the molecule is Cc1nc(SCCO)c2c3c(sc2n1)CCC3. The Morgan fingerprint density at radius 1 is 1.35 bits per heavy atom. The van der Waals surface area contributed by atoms with Crippen molar-refractivity contribution >= 4 is 33.3 Å². The van der Waals surface area contributed by atoms with E-state index >= 15 is 0 Å². The van der Waals surface area contributed by atoms with Gasteiger partial charge in [-0.15, -0.1) is 23.1 Å². The van der Waals surface area contributed by atoms with Gasteiger partial charge in [-0.25, -0.2) is 9.97 Å². The van der Waals surface area contributed by atoms with Crippen LogP contribution < -0.4 is 0 Å². The molecule has 0 spiro atoms. The summed E-state index contributed by atoms with van der Waals surface area (Å²) in [7, 11) is 0. The summed E-state index contributed by atoms with van der Waals surface area (Å²) in [5.74, 6) is 1.54. The van der Waals surface area contributed by atoms with Gasteiger partial charge in [0.15, 0.2) is 0 Å². The highest BCUT2D eigenvalue weighted by atomic mass is 32.2. The van der Waals surface area contributed by atoms with Crippen LogP contribution in [0.3, 0.4) is 0 Å². The third-order valence-electron chi connectivity index (χ3n) is 2.97. The standard InChI is InChI=1S/C12H14N2OS2/c1-7-13-11(16-6-5-15)10-8-3-2-4-9(8)17-12(10)14-7/h15H,2-6H2,1H3. The molecule has 2 heterocycles. The van der Waals surface area contributed by atoms with Gasteiger partial charge in [0.1, 0.15) is 15.7 Å². The smallest absolute Gasteiger partial charge is 0.128 e. The predicted molar refractivity (Wildman–Crippen MR) is 72.0 cm³/mol. The molecule has 0 amide bonds. The summed E-state index contributed by atoms with van der Waals surface area (Å²) < 4.78 is 0. The predicted octanol–water partition coefficient (Wildman–Crippen LogP) is 2.57. The average molecular weight is 266 g/mol. The lowest BCUT2D eigenvalue weighted by molar-refractivity contribution is 0.322. The highest BCUT2D eigenvalue weighted by molar-refractivity contribution is 7.99. The molecule has 17 heavy (non-hydrogen) atoms. The molecule has 0 unspecified atom stereocenters. The van der Waals surface area contributed by atoms with Gasteiger partial charge in [0.05, 0.1) is 6.61 Å². The number of nitrogens with zero attached hydrogens (tertiary/aromatic N) is 2.